The third kappa shape index (κ3) is 4.21. The minimum Gasteiger partial charge on any atom is -0.479 e. The third-order valence-corrected chi connectivity index (χ3v) is 7.02. The molecule has 3 aromatic heterocycles. The maximum atomic E-state index is 14.0. The predicted octanol–water partition coefficient (Wildman–Crippen LogP) is 4.94. The number of pyridine rings is 1. The van der Waals surface area contributed by atoms with Crippen LogP contribution in [0.3, 0.4) is 0 Å². The number of hydrogen-bond donors (Lipinski definition) is 2. The van der Waals surface area contributed by atoms with Crippen molar-refractivity contribution < 1.29 is 19.1 Å². The molecule has 3 heterocycles. The van der Waals surface area contributed by atoms with Gasteiger partial charge in [0.15, 0.2) is 17.6 Å². The van der Waals surface area contributed by atoms with Gasteiger partial charge >= 0.3 is 5.97 Å². The van der Waals surface area contributed by atoms with E-state index < -0.39 is 18.1 Å². The van der Waals surface area contributed by atoms with Gasteiger partial charge in [0.2, 0.25) is 0 Å². The largest absolute Gasteiger partial charge is 0.479 e. The maximum Gasteiger partial charge on any atom is 0.338 e. The Balaban J connectivity index is 1.52. The standard InChI is InChI=1S/C27H26FN5O3/c1-15(34)22-24(18-9-7-17(8-10-18)23(28)27(35)36)32-26-20(14-31-33(26)25(22)29)19-11-12-21(30-13-19)16-5-3-2-4-6-16/h2-6,11-14,17-18,23H,7-10,29H2,1H3,(H,35,36)/t17-,18+,23?. The molecule has 0 saturated heterocycles. The molecule has 8 nitrogen and oxygen atoms in total. The number of hydrogen-bond acceptors (Lipinski definition) is 6. The van der Waals surface area contributed by atoms with Gasteiger partial charge in [-0.3, -0.25) is 9.78 Å². The Morgan fingerprint density at radius 1 is 1.06 bits per heavy atom. The number of fused-ring (bicyclic) bond motifs is 1. The zero-order valence-electron chi connectivity index (χ0n) is 19.8. The highest BCUT2D eigenvalue weighted by molar-refractivity contribution is 6.00. The van der Waals surface area contributed by atoms with Crippen LogP contribution in [-0.2, 0) is 4.79 Å². The summed E-state index contributed by atoms with van der Waals surface area (Å²) in [5.74, 6) is -2.12. The first-order valence-corrected chi connectivity index (χ1v) is 11.9. The van der Waals surface area contributed by atoms with Gasteiger partial charge in [0.25, 0.3) is 0 Å². The minimum atomic E-state index is -1.88. The van der Waals surface area contributed by atoms with Crippen molar-refractivity contribution in [2.24, 2.45) is 5.92 Å². The number of nitrogen functional groups attached to an aromatic ring is 1. The quantitative estimate of drug-likeness (QED) is 0.369. The van der Waals surface area contributed by atoms with Crippen molar-refractivity contribution in [3.63, 3.8) is 0 Å². The van der Waals surface area contributed by atoms with Crippen LogP contribution in [-0.4, -0.2) is 42.6 Å². The predicted molar refractivity (Wildman–Crippen MR) is 133 cm³/mol. The molecule has 0 amide bonds. The number of Topliss-reactive ketones (excluding diaryl/α,β-unsaturated/α-hetero) is 1. The zero-order valence-corrected chi connectivity index (χ0v) is 19.8. The second-order valence-corrected chi connectivity index (χ2v) is 9.26. The molecule has 1 aliphatic carbocycles. The SMILES string of the molecule is CC(=O)c1c(N)n2ncc(-c3ccc(-c4ccccc4)nc3)c2nc1[C@H]1CC[C@@H](C(F)C(=O)O)CC1. The van der Waals surface area contributed by atoms with Crippen molar-refractivity contribution >= 4 is 23.2 Å². The number of benzene rings is 1. The van der Waals surface area contributed by atoms with Gasteiger partial charge in [-0.2, -0.15) is 9.61 Å². The lowest BCUT2D eigenvalue weighted by molar-refractivity contribution is -0.145. The van der Waals surface area contributed by atoms with Crippen molar-refractivity contribution in [2.45, 2.75) is 44.7 Å². The molecule has 0 aliphatic heterocycles. The molecular weight excluding hydrogens is 461 g/mol. The van der Waals surface area contributed by atoms with Crippen LogP contribution in [0.25, 0.3) is 28.0 Å². The van der Waals surface area contributed by atoms with Crippen molar-refractivity contribution in [1.29, 1.82) is 0 Å². The van der Waals surface area contributed by atoms with E-state index >= 15 is 0 Å². The average molecular weight is 488 g/mol. The summed E-state index contributed by atoms with van der Waals surface area (Å²) in [4.78, 5) is 33.1. The summed E-state index contributed by atoms with van der Waals surface area (Å²) in [5, 5.41) is 13.4. The fraction of sp³-hybridized carbons (Fsp3) is 0.296. The molecular formula is C27H26FN5O3. The molecule has 1 atom stereocenters. The molecule has 4 aromatic rings. The monoisotopic (exact) mass is 487 g/mol. The van der Waals surface area contributed by atoms with Crippen molar-refractivity contribution in [1.82, 2.24) is 19.6 Å². The van der Waals surface area contributed by atoms with E-state index in [1.54, 1.807) is 12.4 Å². The van der Waals surface area contributed by atoms with Crippen LogP contribution in [0.5, 0.6) is 0 Å². The van der Waals surface area contributed by atoms with Crippen LogP contribution < -0.4 is 5.73 Å². The molecule has 184 valence electrons. The summed E-state index contributed by atoms with van der Waals surface area (Å²) in [6.45, 7) is 1.44. The van der Waals surface area contributed by atoms with E-state index in [1.807, 2.05) is 42.5 Å². The van der Waals surface area contributed by atoms with Crippen LogP contribution in [0.15, 0.2) is 54.9 Å². The summed E-state index contributed by atoms with van der Waals surface area (Å²) in [5.41, 5.74) is 11.2. The van der Waals surface area contributed by atoms with Gasteiger partial charge in [0.1, 0.15) is 5.82 Å². The summed E-state index contributed by atoms with van der Waals surface area (Å²) < 4.78 is 15.5. The number of carboxylic acid groups (broad SMARTS) is 1. The van der Waals surface area contributed by atoms with Crippen molar-refractivity contribution in [3.8, 4) is 22.4 Å². The van der Waals surface area contributed by atoms with E-state index in [0.29, 0.717) is 42.6 Å². The molecule has 36 heavy (non-hydrogen) atoms. The fourth-order valence-electron chi connectivity index (χ4n) is 5.11. The molecule has 1 aliphatic rings. The van der Waals surface area contributed by atoms with Gasteiger partial charge < -0.3 is 10.8 Å². The smallest absolute Gasteiger partial charge is 0.338 e. The molecule has 3 N–H and O–H groups in total. The van der Waals surface area contributed by atoms with Gasteiger partial charge in [-0.25, -0.2) is 14.2 Å². The molecule has 0 bridgehead atoms. The molecule has 1 saturated carbocycles. The number of carbonyl (C=O) groups excluding carboxylic acids is 1. The first kappa shape index (κ1) is 23.6. The zero-order chi connectivity index (χ0) is 25.4. The van der Waals surface area contributed by atoms with Gasteiger partial charge in [0.05, 0.1) is 23.1 Å². The number of nitrogens with zero attached hydrogens (tertiary/aromatic N) is 4. The Morgan fingerprint density at radius 3 is 2.39 bits per heavy atom. The minimum absolute atomic E-state index is 0.130. The van der Waals surface area contributed by atoms with Gasteiger partial charge in [-0.1, -0.05) is 36.4 Å². The number of rotatable bonds is 6. The summed E-state index contributed by atoms with van der Waals surface area (Å²) in [6, 6.07) is 13.7. The Hall–Kier alpha value is -4.14. The number of ketones is 1. The lowest BCUT2D eigenvalue weighted by atomic mass is 9.77. The highest BCUT2D eigenvalue weighted by atomic mass is 19.1. The van der Waals surface area contributed by atoms with Crippen molar-refractivity contribution in [3.05, 3.63) is 66.1 Å². The van der Waals surface area contributed by atoms with E-state index in [4.69, 9.17) is 15.8 Å². The molecule has 9 heteroatoms. The Morgan fingerprint density at radius 2 is 1.78 bits per heavy atom. The van der Waals surface area contributed by atoms with Crippen molar-refractivity contribution in [2.75, 3.05) is 5.73 Å². The number of aliphatic carboxylic acids is 1. The Bertz CT molecular complexity index is 1430. The van der Waals surface area contributed by atoms with E-state index in [0.717, 1.165) is 22.4 Å². The Labute approximate surface area is 207 Å². The van der Waals surface area contributed by atoms with Crippen LogP contribution in [0.2, 0.25) is 0 Å². The van der Waals surface area contributed by atoms with E-state index in [9.17, 15) is 14.0 Å². The Kier molecular flexibility index (Phi) is 6.22. The number of anilines is 1. The summed E-state index contributed by atoms with van der Waals surface area (Å²) in [6.07, 6.45) is 3.39. The van der Waals surface area contributed by atoms with E-state index in [2.05, 4.69) is 10.1 Å². The van der Waals surface area contributed by atoms with E-state index in [-0.39, 0.29) is 17.5 Å². The fourth-order valence-corrected chi connectivity index (χ4v) is 5.11. The van der Waals surface area contributed by atoms with Gasteiger partial charge in [-0.05, 0) is 38.7 Å². The molecule has 0 radical (unpaired) electrons. The lowest BCUT2D eigenvalue weighted by Crippen LogP contribution is -2.29. The van der Waals surface area contributed by atoms with Gasteiger partial charge in [0, 0.05) is 34.7 Å². The number of aromatic nitrogens is 4. The van der Waals surface area contributed by atoms with Crippen LogP contribution in [0, 0.1) is 5.92 Å². The molecule has 5 rings (SSSR count). The summed E-state index contributed by atoms with van der Waals surface area (Å²) >= 11 is 0. The van der Waals surface area contributed by atoms with Crippen LogP contribution in [0.1, 0.15) is 54.6 Å². The number of nitrogens with two attached hydrogens (primary N) is 1. The number of halogens is 1. The van der Waals surface area contributed by atoms with Gasteiger partial charge in [-0.15, -0.1) is 0 Å². The molecule has 0 spiro atoms. The lowest BCUT2D eigenvalue weighted by Gasteiger charge is -2.29. The number of alkyl halides is 1. The first-order valence-electron chi connectivity index (χ1n) is 11.9. The number of carboxylic acids is 1. The third-order valence-electron chi connectivity index (χ3n) is 7.02. The normalized spacial score (nSPS) is 18.7. The molecule has 1 aromatic carbocycles. The molecule has 1 fully saturated rings. The first-order chi connectivity index (χ1) is 17.3. The highest BCUT2D eigenvalue weighted by Crippen LogP contribution is 2.40. The summed E-state index contributed by atoms with van der Waals surface area (Å²) in [7, 11) is 0. The number of carbonyl (C=O) groups is 2. The van der Waals surface area contributed by atoms with Crippen LogP contribution >= 0.6 is 0 Å². The van der Waals surface area contributed by atoms with Crippen LogP contribution in [0.4, 0.5) is 10.2 Å². The molecule has 1 unspecified atom stereocenters. The highest BCUT2D eigenvalue weighted by Gasteiger charge is 2.35. The topological polar surface area (TPSA) is 123 Å². The second kappa shape index (κ2) is 9.49. The maximum absolute atomic E-state index is 14.0. The second-order valence-electron chi connectivity index (χ2n) is 9.26. The average Bonchev–Trinajstić information content (AvgIpc) is 3.33. The van der Waals surface area contributed by atoms with E-state index in [1.165, 1.54) is 11.4 Å².